The van der Waals surface area contributed by atoms with Gasteiger partial charge in [-0.25, -0.2) is 4.79 Å². The van der Waals surface area contributed by atoms with Gasteiger partial charge in [0.25, 0.3) is 5.91 Å². The van der Waals surface area contributed by atoms with Crippen molar-refractivity contribution in [2.45, 2.75) is 37.5 Å². The summed E-state index contributed by atoms with van der Waals surface area (Å²) in [7, 11) is 0. The first-order chi connectivity index (χ1) is 13.5. The molecule has 8 heteroatoms. The molecule has 1 atom stereocenters. The molecule has 0 aromatic heterocycles. The van der Waals surface area contributed by atoms with E-state index in [2.05, 4.69) is 15.5 Å². The molecular formula is C20H31N3O4S. The second-order valence-electron chi connectivity index (χ2n) is 6.87. The number of rotatable bonds is 10. The van der Waals surface area contributed by atoms with E-state index in [9.17, 15) is 9.59 Å². The summed E-state index contributed by atoms with van der Waals surface area (Å²) in [6.45, 7) is 9.07. The van der Waals surface area contributed by atoms with Gasteiger partial charge in [-0.15, -0.1) is 11.8 Å². The molecule has 1 unspecified atom stereocenters. The SMILES string of the molecule is CC(C)SC(NC(=O)OCc1ccccc1)C(=O)NCCCN1CCOCC1. The average Bonchev–Trinajstić information content (AvgIpc) is 2.70. The number of carbonyl (C=O) groups excluding carboxylic acids is 2. The highest BCUT2D eigenvalue weighted by molar-refractivity contribution is 8.01. The fraction of sp³-hybridized carbons (Fsp3) is 0.600. The number of morpholine rings is 1. The van der Waals surface area contributed by atoms with Crippen LogP contribution in [0.1, 0.15) is 25.8 Å². The van der Waals surface area contributed by atoms with Crippen LogP contribution in [0, 0.1) is 0 Å². The summed E-state index contributed by atoms with van der Waals surface area (Å²) in [4.78, 5) is 26.9. The van der Waals surface area contributed by atoms with Gasteiger partial charge in [0.05, 0.1) is 13.2 Å². The quantitative estimate of drug-likeness (QED) is 0.456. The van der Waals surface area contributed by atoms with Crippen LogP contribution >= 0.6 is 11.8 Å². The lowest BCUT2D eigenvalue weighted by Crippen LogP contribution is -2.46. The lowest BCUT2D eigenvalue weighted by molar-refractivity contribution is -0.121. The predicted molar refractivity (Wildman–Crippen MR) is 111 cm³/mol. The minimum absolute atomic E-state index is 0.174. The smallest absolute Gasteiger partial charge is 0.408 e. The van der Waals surface area contributed by atoms with Crippen molar-refractivity contribution in [2.75, 3.05) is 39.4 Å². The van der Waals surface area contributed by atoms with E-state index in [1.807, 2.05) is 44.2 Å². The molecular weight excluding hydrogens is 378 g/mol. The zero-order valence-corrected chi connectivity index (χ0v) is 17.5. The van der Waals surface area contributed by atoms with Gasteiger partial charge in [-0.05, 0) is 18.5 Å². The summed E-state index contributed by atoms with van der Waals surface area (Å²) in [5, 5.41) is 5.11. The number of carbonyl (C=O) groups is 2. The number of nitrogens with one attached hydrogen (secondary N) is 2. The number of ether oxygens (including phenoxy) is 2. The molecule has 1 aromatic rings. The van der Waals surface area contributed by atoms with Crippen LogP contribution in [-0.2, 0) is 20.9 Å². The van der Waals surface area contributed by atoms with Gasteiger partial charge in [0.15, 0.2) is 5.37 Å². The number of thioether (sulfide) groups is 1. The topological polar surface area (TPSA) is 79.9 Å². The molecule has 1 aromatic carbocycles. The molecule has 156 valence electrons. The second-order valence-corrected chi connectivity index (χ2v) is 8.56. The van der Waals surface area contributed by atoms with E-state index in [4.69, 9.17) is 9.47 Å². The Hall–Kier alpha value is -1.77. The first-order valence-corrected chi connectivity index (χ1v) is 10.7. The van der Waals surface area contributed by atoms with Crippen LogP contribution in [-0.4, -0.2) is 66.9 Å². The van der Waals surface area contributed by atoms with Crippen LogP contribution in [0.25, 0.3) is 0 Å². The van der Waals surface area contributed by atoms with E-state index in [0.717, 1.165) is 44.8 Å². The summed E-state index contributed by atoms with van der Waals surface area (Å²) in [6.07, 6.45) is 0.272. The third-order valence-corrected chi connectivity index (χ3v) is 5.31. The highest BCUT2D eigenvalue weighted by Crippen LogP contribution is 2.16. The fourth-order valence-electron chi connectivity index (χ4n) is 2.74. The molecule has 1 aliphatic rings. The molecule has 0 spiro atoms. The summed E-state index contributed by atoms with van der Waals surface area (Å²) in [5.74, 6) is -0.197. The van der Waals surface area contributed by atoms with Crippen LogP contribution in [0.15, 0.2) is 30.3 Å². The Morgan fingerprint density at radius 2 is 1.93 bits per heavy atom. The number of nitrogens with zero attached hydrogens (tertiary/aromatic N) is 1. The van der Waals surface area contributed by atoms with Gasteiger partial charge in [0.2, 0.25) is 0 Å². The Bertz CT molecular complexity index is 594. The van der Waals surface area contributed by atoms with Crippen LogP contribution in [0.5, 0.6) is 0 Å². The standard InChI is InChI=1S/C20H31N3O4S/c1-16(2)28-19(22-20(25)27-15-17-7-4-3-5-8-17)18(24)21-9-6-10-23-11-13-26-14-12-23/h3-5,7-8,16,19H,6,9-15H2,1-2H3,(H,21,24)(H,22,25). The fourth-order valence-corrected chi connectivity index (χ4v) is 3.65. The van der Waals surface area contributed by atoms with Crippen molar-refractivity contribution in [1.82, 2.24) is 15.5 Å². The van der Waals surface area contributed by atoms with Gasteiger partial charge < -0.3 is 20.1 Å². The van der Waals surface area contributed by atoms with E-state index in [0.29, 0.717) is 6.54 Å². The first-order valence-electron chi connectivity index (χ1n) is 9.75. The molecule has 0 aliphatic carbocycles. The average molecular weight is 410 g/mol. The van der Waals surface area contributed by atoms with Crippen LogP contribution in [0.3, 0.4) is 0 Å². The van der Waals surface area contributed by atoms with Crippen molar-refractivity contribution >= 4 is 23.8 Å². The molecule has 1 aliphatic heterocycles. The molecule has 0 radical (unpaired) electrons. The maximum atomic E-state index is 12.5. The van der Waals surface area contributed by atoms with E-state index < -0.39 is 11.5 Å². The maximum Gasteiger partial charge on any atom is 0.408 e. The maximum absolute atomic E-state index is 12.5. The van der Waals surface area contributed by atoms with E-state index >= 15 is 0 Å². The Balaban J connectivity index is 1.72. The van der Waals surface area contributed by atoms with Crippen molar-refractivity contribution in [3.05, 3.63) is 35.9 Å². The normalized spacial score (nSPS) is 15.8. The van der Waals surface area contributed by atoms with Crippen LogP contribution in [0.4, 0.5) is 4.79 Å². The third kappa shape index (κ3) is 8.95. The minimum Gasteiger partial charge on any atom is -0.445 e. The zero-order chi connectivity index (χ0) is 20.2. The number of alkyl carbamates (subject to hydrolysis) is 1. The van der Waals surface area contributed by atoms with Crippen molar-refractivity contribution in [3.63, 3.8) is 0 Å². The molecule has 1 fully saturated rings. The number of hydrogen-bond acceptors (Lipinski definition) is 6. The molecule has 1 saturated heterocycles. The van der Waals surface area contributed by atoms with E-state index in [1.165, 1.54) is 11.8 Å². The highest BCUT2D eigenvalue weighted by atomic mass is 32.2. The van der Waals surface area contributed by atoms with E-state index in [-0.39, 0.29) is 17.8 Å². The Labute approximate surface area is 171 Å². The van der Waals surface area contributed by atoms with Gasteiger partial charge in [0, 0.05) is 24.9 Å². The first kappa shape index (κ1) is 22.5. The van der Waals surface area contributed by atoms with Crippen LogP contribution in [0.2, 0.25) is 0 Å². The van der Waals surface area contributed by atoms with Gasteiger partial charge in [-0.1, -0.05) is 44.2 Å². The van der Waals surface area contributed by atoms with Crippen molar-refractivity contribution in [3.8, 4) is 0 Å². The Kier molecular flexibility index (Phi) is 10.2. The molecule has 28 heavy (non-hydrogen) atoms. The van der Waals surface area contributed by atoms with Crippen LogP contribution < -0.4 is 10.6 Å². The third-order valence-electron chi connectivity index (χ3n) is 4.16. The largest absolute Gasteiger partial charge is 0.445 e. The Morgan fingerprint density at radius 1 is 1.21 bits per heavy atom. The lowest BCUT2D eigenvalue weighted by atomic mass is 10.2. The van der Waals surface area contributed by atoms with Gasteiger partial charge in [-0.2, -0.15) is 0 Å². The van der Waals surface area contributed by atoms with Gasteiger partial charge in [-0.3, -0.25) is 9.69 Å². The van der Waals surface area contributed by atoms with Crippen molar-refractivity contribution < 1.29 is 19.1 Å². The summed E-state index contributed by atoms with van der Waals surface area (Å²) < 4.78 is 10.6. The number of benzene rings is 1. The van der Waals surface area contributed by atoms with Crippen molar-refractivity contribution in [1.29, 1.82) is 0 Å². The monoisotopic (exact) mass is 409 g/mol. The molecule has 2 N–H and O–H groups in total. The molecule has 2 amide bonds. The highest BCUT2D eigenvalue weighted by Gasteiger charge is 2.23. The zero-order valence-electron chi connectivity index (χ0n) is 16.7. The number of amides is 2. The summed E-state index contributed by atoms with van der Waals surface area (Å²) in [6, 6.07) is 9.45. The lowest BCUT2D eigenvalue weighted by Gasteiger charge is -2.26. The molecule has 1 heterocycles. The van der Waals surface area contributed by atoms with Crippen molar-refractivity contribution in [2.24, 2.45) is 0 Å². The number of hydrogen-bond donors (Lipinski definition) is 2. The minimum atomic E-state index is -0.674. The molecule has 0 bridgehead atoms. The molecule has 0 saturated carbocycles. The van der Waals surface area contributed by atoms with E-state index in [1.54, 1.807) is 0 Å². The second kappa shape index (κ2) is 12.6. The summed E-state index contributed by atoms with van der Waals surface area (Å²) >= 11 is 1.39. The van der Waals surface area contributed by atoms with Gasteiger partial charge in [0.1, 0.15) is 6.61 Å². The predicted octanol–water partition coefficient (Wildman–Crippen LogP) is 2.22. The molecule has 2 rings (SSSR count). The Morgan fingerprint density at radius 3 is 2.61 bits per heavy atom. The van der Waals surface area contributed by atoms with Gasteiger partial charge >= 0.3 is 6.09 Å². The molecule has 7 nitrogen and oxygen atoms in total. The summed E-state index contributed by atoms with van der Waals surface area (Å²) in [5.41, 5.74) is 0.901.